The molecule has 0 aliphatic heterocycles. The van der Waals surface area contributed by atoms with Crippen LogP contribution in [-0.2, 0) is 0 Å². The molecule has 5 heteroatoms. The van der Waals surface area contributed by atoms with E-state index < -0.39 is 0 Å². The fourth-order valence-electron chi connectivity index (χ4n) is 2.63. The van der Waals surface area contributed by atoms with E-state index in [-0.39, 0.29) is 5.91 Å². The van der Waals surface area contributed by atoms with Crippen molar-refractivity contribution in [3.05, 3.63) is 39.9 Å². The monoisotopic (exact) mass is 316 g/mol. The fraction of sp³-hybridized carbons (Fsp3) is 0.412. The standard InChI is InChI=1S/C17H20N2O2S/c1-12-19-14(11-22-12)15-7-8-16(21-15)17(20)18-10-9-13-5-3-2-4-6-13/h5,7-8,11H,2-4,6,9-10H2,1H3,(H,18,20). The van der Waals surface area contributed by atoms with E-state index >= 15 is 0 Å². The van der Waals surface area contributed by atoms with Crippen LogP contribution in [0.5, 0.6) is 0 Å². The molecule has 2 aromatic heterocycles. The van der Waals surface area contributed by atoms with Crippen LogP contribution in [0.3, 0.4) is 0 Å². The van der Waals surface area contributed by atoms with Gasteiger partial charge < -0.3 is 9.73 Å². The van der Waals surface area contributed by atoms with Gasteiger partial charge in [0.1, 0.15) is 5.69 Å². The van der Waals surface area contributed by atoms with Crippen LogP contribution in [-0.4, -0.2) is 17.4 Å². The van der Waals surface area contributed by atoms with Crippen LogP contribution in [0.4, 0.5) is 0 Å². The van der Waals surface area contributed by atoms with Crippen LogP contribution in [0.2, 0.25) is 0 Å². The smallest absolute Gasteiger partial charge is 0.287 e. The molecule has 0 saturated heterocycles. The minimum absolute atomic E-state index is 0.158. The van der Waals surface area contributed by atoms with Gasteiger partial charge in [-0.2, -0.15) is 0 Å². The first-order chi connectivity index (χ1) is 10.7. The molecule has 0 atom stereocenters. The maximum absolute atomic E-state index is 12.1. The highest BCUT2D eigenvalue weighted by molar-refractivity contribution is 7.09. The summed E-state index contributed by atoms with van der Waals surface area (Å²) in [4.78, 5) is 16.5. The number of aromatic nitrogens is 1. The van der Waals surface area contributed by atoms with E-state index in [0.717, 1.165) is 17.1 Å². The first kappa shape index (κ1) is 15.0. The summed E-state index contributed by atoms with van der Waals surface area (Å²) in [5.74, 6) is 0.831. The van der Waals surface area contributed by atoms with E-state index in [1.807, 2.05) is 12.3 Å². The van der Waals surface area contributed by atoms with Gasteiger partial charge in [-0.05, 0) is 51.2 Å². The summed E-state index contributed by atoms with van der Waals surface area (Å²) in [5.41, 5.74) is 2.25. The van der Waals surface area contributed by atoms with Gasteiger partial charge in [0.15, 0.2) is 11.5 Å². The number of thiazole rings is 1. The molecule has 0 radical (unpaired) electrons. The summed E-state index contributed by atoms with van der Waals surface area (Å²) in [6, 6.07) is 3.51. The van der Waals surface area contributed by atoms with Crippen LogP contribution >= 0.6 is 11.3 Å². The quantitative estimate of drug-likeness (QED) is 0.835. The molecule has 0 aromatic carbocycles. The number of carbonyl (C=O) groups is 1. The van der Waals surface area contributed by atoms with E-state index in [9.17, 15) is 4.79 Å². The Kier molecular flexibility index (Phi) is 4.73. The Bertz CT molecular complexity index is 684. The molecule has 2 heterocycles. The lowest BCUT2D eigenvalue weighted by atomic mass is 9.97. The highest BCUT2D eigenvalue weighted by atomic mass is 32.1. The number of aryl methyl sites for hydroxylation is 1. The molecule has 1 amide bonds. The highest BCUT2D eigenvalue weighted by Crippen LogP contribution is 2.24. The molecule has 0 spiro atoms. The van der Waals surface area contributed by atoms with Gasteiger partial charge in [-0.1, -0.05) is 11.6 Å². The maximum Gasteiger partial charge on any atom is 0.287 e. The number of carbonyl (C=O) groups excluding carboxylic acids is 1. The minimum atomic E-state index is -0.158. The van der Waals surface area contributed by atoms with E-state index in [4.69, 9.17) is 4.42 Å². The number of rotatable bonds is 5. The zero-order valence-corrected chi connectivity index (χ0v) is 13.5. The molecule has 2 aromatic rings. The SMILES string of the molecule is Cc1nc(-c2ccc(C(=O)NCCC3=CCCCC3)o2)cs1. The van der Waals surface area contributed by atoms with Crippen molar-refractivity contribution in [2.75, 3.05) is 6.54 Å². The summed E-state index contributed by atoms with van der Waals surface area (Å²) in [5, 5.41) is 5.85. The topological polar surface area (TPSA) is 55.1 Å². The maximum atomic E-state index is 12.1. The van der Waals surface area contributed by atoms with Gasteiger partial charge in [0, 0.05) is 11.9 Å². The van der Waals surface area contributed by atoms with Gasteiger partial charge in [-0.15, -0.1) is 11.3 Å². The second-order valence-corrected chi connectivity index (χ2v) is 6.59. The number of amides is 1. The summed E-state index contributed by atoms with van der Waals surface area (Å²) in [7, 11) is 0. The average Bonchev–Trinajstić information content (AvgIpc) is 3.17. The van der Waals surface area contributed by atoms with Crippen molar-refractivity contribution in [3.63, 3.8) is 0 Å². The molecule has 3 rings (SSSR count). The molecule has 0 unspecified atom stereocenters. The molecule has 1 aliphatic rings. The van der Waals surface area contributed by atoms with Crippen molar-refractivity contribution in [1.82, 2.24) is 10.3 Å². The number of furan rings is 1. The zero-order chi connectivity index (χ0) is 15.4. The molecule has 1 N–H and O–H groups in total. The minimum Gasteiger partial charge on any atom is -0.449 e. The molecule has 1 aliphatic carbocycles. The van der Waals surface area contributed by atoms with Gasteiger partial charge in [-0.3, -0.25) is 4.79 Å². The third-order valence-electron chi connectivity index (χ3n) is 3.82. The second-order valence-electron chi connectivity index (χ2n) is 5.53. The Balaban J connectivity index is 1.54. The Morgan fingerprint density at radius 2 is 2.32 bits per heavy atom. The summed E-state index contributed by atoms with van der Waals surface area (Å²) < 4.78 is 5.60. The van der Waals surface area contributed by atoms with Crippen molar-refractivity contribution in [2.45, 2.75) is 39.0 Å². The molecule has 0 saturated carbocycles. The predicted octanol–water partition coefficient (Wildman–Crippen LogP) is 4.33. The Morgan fingerprint density at radius 1 is 1.41 bits per heavy atom. The van der Waals surface area contributed by atoms with Crippen molar-refractivity contribution >= 4 is 17.2 Å². The van der Waals surface area contributed by atoms with Crippen molar-refractivity contribution in [2.24, 2.45) is 0 Å². The van der Waals surface area contributed by atoms with Gasteiger partial charge in [0.05, 0.1) is 5.01 Å². The molecule has 0 bridgehead atoms. The summed E-state index contributed by atoms with van der Waals surface area (Å²) >= 11 is 1.57. The van der Waals surface area contributed by atoms with Crippen molar-refractivity contribution < 1.29 is 9.21 Å². The molecular formula is C17H20N2O2S. The van der Waals surface area contributed by atoms with Crippen LogP contribution in [0.25, 0.3) is 11.5 Å². The Hall–Kier alpha value is -1.88. The summed E-state index contributed by atoms with van der Waals surface area (Å²) in [6.45, 7) is 2.61. The first-order valence-electron chi connectivity index (χ1n) is 7.71. The number of nitrogens with zero attached hydrogens (tertiary/aromatic N) is 1. The highest BCUT2D eigenvalue weighted by Gasteiger charge is 2.13. The number of hydrogen-bond donors (Lipinski definition) is 1. The van der Waals surface area contributed by atoms with Gasteiger partial charge >= 0.3 is 0 Å². The summed E-state index contributed by atoms with van der Waals surface area (Å²) in [6.07, 6.45) is 8.16. The number of nitrogens with one attached hydrogen (secondary N) is 1. The largest absolute Gasteiger partial charge is 0.449 e. The number of hydrogen-bond acceptors (Lipinski definition) is 4. The second kappa shape index (κ2) is 6.92. The van der Waals surface area contributed by atoms with Crippen LogP contribution < -0.4 is 5.32 Å². The fourth-order valence-corrected chi connectivity index (χ4v) is 3.23. The third-order valence-corrected chi connectivity index (χ3v) is 4.59. The van der Waals surface area contributed by atoms with Crippen molar-refractivity contribution in [1.29, 1.82) is 0 Å². The first-order valence-corrected chi connectivity index (χ1v) is 8.59. The van der Waals surface area contributed by atoms with Gasteiger partial charge in [0.25, 0.3) is 5.91 Å². The Labute approximate surface area is 134 Å². The number of allylic oxidation sites excluding steroid dienone is 1. The normalized spacial score (nSPS) is 14.7. The third kappa shape index (κ3) is 3.65. The van der Waals surface area contributed by atoms with Gasteiger partial charge in [-0.25, -0.2) is 4.98 Å². The van der Waals surface area contributed by atoms with Crippen LogP contribution in [0.15, 0.2) is 33.6 Å². The van der Waals surface area contributed by atoms with E-state index in [1.54, 1.807) is 23.5 Å². The lowest BCUT2D eigenvalue weighted by molar-refractivity contribution is 0.0927. The molecule has 22 heavy (non-hydrogen) atoms. The molecule has 0 fully saturated rings. The lowest BCUT2D eigenvalue weighted by Gasteiger charge is -2.12. The zero-order valence-electron chi connectivity index (χ0n) is 12.7. The van der Waals surface area contributed by atoms with E-state index in [2.05, 4.69) is 16.4 Å². The van der Waals surface area contributed by atoms with E-state index in [0.29, 0.717) is 18.1 Å². The van der Waals surface area contributed by atoms with Crippen LogP contribution in [0, 0.1) is 6.92 Å². The van der Waals surface area contributed by atoms with Crippen LogP contribution in [0.1, 0.15) is 47.7 Å². The lowest BCUT2D eigenvalue weighted by Crippen LogP contribution is -2.24. The van der Waals surface area contributed by atoms with Gasteiger partial charge in [0.2, 0.25) is 0 Å². The Morgan fingerprint density at radius 3 is 3.05 bits per heavy atom. The van der Waals surface area contributed by atoms with Crippen molar-refractivity contribution in [3.8, 4) is 11.5 Å². The van der Waals surface area contributed by atoms with E-state index in [1.165, 1.54) is 31.3 Å². The predicted molar refractivity (Wildman–Crippen MR) is 88.1 cm³/mol. The molecule has 4 nitrogen and oxygen atoms in total. The average molecular weight is 316 g/mol. The molecular weight excluding hydrogens is 296 g/mol. The molecule has 116 valence electrons.